The molecular weight excluding hydrogens is 306 g/mol. The minimum atomic E-state index is -0.564. The van der Waals surface area contributed by atoms with Crippen LogP contribution in [0.3, 0.4) is 0 Å². The van der Waals surface area contributed by atoms with Crippen molar-refractivity contribution in [3.63, 3.8) is 0 Å². The van der Waals surface area contributed by atoms with E-state index < -0.39 is 11.7 Å². The Bertz CT molecular complexity index is 685. The van der Waals surface area contributed by atoms with Crippen molar-refractivity contribution >= 4 is 17.1 Å². The summed E-state index contributed by atoms with van der Waals surface area (Å²) < 4.78 is 12.5. The van der Waals surface area contributed by atoms with Crippen LogP contribution in [0.2, 0.25) is 0 Å². The zero-order valence-electron chi connectivity index (χ0n) is 16.0. The van der Waals surface area contributed by atoms with Crippen molar-refractivity contribution < 1.29 is 14.3 Å². The molecule has 0 saturated heterocycles. The third kappa shape index (κ3) is 4.94. The molecule has 0 aromatic carbocycles. The lowest BCUT2D eigenvalue weighted by atomic mass is 10.2. The van der Waals surface area contributed by atoms with Gasteiger partial charge < -0.3 is 9.47 Å². The highest BCUT2D eigenvalue weighted by Crippen LogP contribution is 2.27. The molecule has 2 aromatic rings. The van der Waals surface area contributed by atoms with Gasteiger partial charge in [0.1, 0.15) is 11.9 Å². The van der Waals surface area contributed by atoms with Gasteiger partial charge >= 0.3 is 6.09 Å². The Hall–Kier alpha value is -2.11. The molecule has 6 nitrogen and oxygen atoms in total. The van der Waals surface area contributed by atoms with Gasteiger partial charge in [-0.15, -0.1) is 0 Å². The topological polar surface area (TPSA) is 66.2 Å². The Balaban J connectivity index is 0.00000139. The SMILES string of the molecule is CC.Cc1cn(C(=O)OC(C)(C)C)c2ncnc(OCC(C)C)c12. The summed E-state index contributed by atoms with van der Waals surface area (Å²) in [6, 6.07) is 0. The number of hydrogen-bond donors (Lipinski definition) is 0. The van der Waals surface area contributed by atoms with Crippen LogP contribution in [-0.4, -0.2) is 32.8 Å². The van der Waals surface area contributed by atoms with E-state index in [9.17, 15) is 4.79 Å². The highest BCUT2D eigenvalue weighted by Gasteiger charge is 2.22. The minimum Gasteiger partial charge on any atom is -0.477 e. The van der Waals surface area contributed by atoms with Crippen LogP contribution in [0, 0.1) is 12.8 Å². The normalized spacial score (nSPS) is 11.2. The monoisotopic (exact) mass is 335 g/mol. The zero-order valence-corrected chi connectivity index (χ0v) is 16.0. The number of carbonyl (C=O) groups is 1. The summed E-state index contributed by atoms with van der Waals surface area (Å²) in [6.45, 7) is 16.1. The molecule has 134 valence electrons. The highest BCUT2D eigenvalue weighted by atomic mass is 16.6. The van der Waals surface area contributed by atoms with Crippen LogP contribution < -0.4 is 4.74 Å². The summed E-state index contributed by atoms with van der Waals surface area (Å²) in [5.74, 6) is 0.886. The molecule has 2 heterocycles. The lowest BCUT2D eigenvalue weighted by molar-refractivity contribution is 0.0543. The van der Waals surface area contributed by atoms with Crippen molar-refractivity contribution in [2.45, 2.75) is 61.0 Å². The summed E-state index contributed by atoms with van der Waals surface area (Å²) in [7, 11) is 0. The first-order valence-corrected chi connectivity index (χ1v) is 8.38. The van der Waals surface area contributed by atoms with Crippen molar-refractivity contribution in [1.29, 1.82) is 0 Å². The van der Waals surface area contributed by atoms with Gasteiger partial charge in [0.2, 0.25) is 5.88 Å². The fourth-order valence-electron chi connectivity index (χ4n) is 2.01. The number of rotatable bonds is 3. The Kier molecular flexibility index (Phi) is 6.75. The van der Waals surface area contributed by atoms with Gasteiger partial charge in [0.15, 0.2) is 5.65 Å². The first kappa shape index (κ1) is 19.9. The van der Waals surface area contributed by atoms with Crippen molar-refractivity contribution in [2.75, 3.05) is 6.61 Å². The van der Waals surface area contributed by atoms with Crippen LogP contribution >= 0.6 is 0 Å². The van der Waals surface area contributed by atoms with E-state index >= 15 is 0 Å². The fourth-order valence-corrected chi connectivity index (χ4v) is 2.01. The molecule has 0 radical (unpaired) electrons. The third-order valence-corrected chi connectivity index (χ3v) is 2.88. The molecule has 0 aliphatic rings. The number of aryl methyl sites for hydroxylation is 1. The van der Waals surface area contributed by atoms with Crippen LogP contribution in [0.5, 0.6) is 5.88 Å². The number of nitrogens with zero attached hydrogens (tertiary/aromatic N) is 3. The summed E-state index contributed by atoms with van der Waals surface area (Å²) in [5.41, 5.74) is 0.812. The summed E-state index contributed by atoms with van der Waals surface area (Å²) >= 11 is 0. The summed E-state index contributed by atoms with van der Waals surface area (Å²) in [5, 5.41) is 0.744. The van der Waals surface area contributed by atoms with Gasteiger partial charge in [-0.2, -0.15) is 0 Å². The third-order valence-electron chi connectivity index (χ3n) is 2.88. The van der Waals surface area contributed by atoms with Crippen LogP contribution in [0.25, 0.3) is 11.0 Å². The number of ether oxygens (including phenoxy) is 2. The van der Waals surface area contributed by atoms with E-state index in [1.165, 1.54) is 10.9 Å². The van der Waals surface area contributed by atoms with Crippen LogP contribution in [0.1, 0.15) is 54.0 Å². The van der Waals surface area contributed by atoms with Crippen molar-refractivity contribution in [1.82, 2.24) is 14.5 Å². The second-order valence-corrected chi connectivity index (χ2v) is 6.74. The second kappa shape index (κ2) is 8.13. The highest BCUT2D eigenvalue weighted by molar-refractivity contribution is 5.92. The van der Waals surface area contributed by atoms with Crippen molar-refractivity contribution in [3.05, 3.63) is 18.1 Å². The first-order valence-electron chi connectivity index (χ1n) is 8.38. The molecule has 0 saturated carbocycles. The fraction of sp³-hybridized carbons (Fsp3) is 0.611. The molecule has 24 heavy (non-hydrogen) atoms. The molecule has 6 heteroatoms. The van der Waals surface area contributed by atoms with E-state index in [1.807, 2.05) is 41.5 Å². The van der Waals surface area contributed by atoms with E-state index in [-0.39, 0.29) is 0 Å². The second-order valence-electron chi connectivity index (χ2n) is 6.74. The van der Waals surface area contributed by atoms with Gasteiger partial charge in [0, 0.05) is 6.20 Å². The lowest BCUT2D eigenvalue weighted by Crippen LogP contribution is -2.26. The predicted molar refractivity (Wildman–Crippen MR) is 95.6 cm³/mol. The van der Waals surface area contributed by atoms with E-state index in [1.54, 1.807) is 6.20 Å². The van der Waals surface area contributed by atoms with E-state index in [0.717, 1.165) is 10.9 Å². The molecule has 0 unspecified atom stereocenters. The lowest BCUT2D eigenvalue weighted by Gasteiger charge is -2.19. The Morgan fingerprint density at radius 2 is 1.88 bits per heavy atom. The molecule has 2 rings (SSSR count). The molecule has 0 spiro atoms. The number of aromatic nitrogens is 3. The van der Waals surface area contributed by atoms with Gasteiger partial charge in [-0.25, -0.2) is 19.3 Å². The molecule has 0 aliphatic carbocycles. The van der Waals surface area contributed by atoms with E-state index in [0.29, 0.717) is 24.1 Å². The quantitative estimate of drug-likeness (QED) is 0.821. The number of carbonyl (C=O) groups excluding carboxylic acids is 1. The largest absolute Gasteiger partial charge is 0.477 e. The van der Waals surface area contributed by atoms with Crippen LogP contribution in [0.15, 0.2) is 12.5 Å². The number of fused-ring (bicyclic) bond motifs is 1. The van der Waals surface area contributed by atoms with E-state index in [4.69, 9.17) is 9.47 Å². The molecule has 0 aliphatic heterocycles. The van der Waals surface area contributed by atoms with Crippen molar-refractivity contribution in [3.8, 4) is 5.88 Å². The molecule has 0 amide bonds. The van der Waals surface area contributed by atoms with E-state index in [2.05, 4.69) is 23.8 Å². The van der Waals surface area contributed by atoms with Gasteiger partial charge in [0.25, 0.3) is 0 Å². The van der Waals surface area contributed by atoms with Gasteiger partial charge in [0.05, 0.1) is 12.0 Å². The predicted octanol–water partition coefficient (Wildman–Crippen LogP) is 4.58. The smallest absolute Gasteiger partial charge is 0.420 e. The Morgan fingerprint density at radius 1 is 1.25 bits per heavy atom. The average Bonchev–Trinajstić information content (AvgIpc) is 2.83. The van der Waals surface area contributed by atoms with Gasteiger partial charge in [-0.3, -0.25) is 0 Å². The summed E-state index contributed by atoms with van der Waals surface area (Å²) in [6.07, 6.45) is 2.65. The maximum Gasteiger partial charge on any atom is 0.420 e. The van der Waals surface area contributed by atoms with Crippen LogP contribution in [-0.2, 0) is 4.74 Å². The molecule has 0 atom stereocenters. The van der Waals surface area contributed by atoms with Gasteiger partial charge in [-0.1, -0.05) is 27.7 Å². The van der Waals surface area contributed by atoms with Gasteiger partial charge in [-0.05, 0) is 39.2 Å². The molecule has 0 fully saturated rings. The maximum atomic E-state index is 12.3. The first-order chi connectivity index (χ1) is 11.2. The van der Waals surface area contributed by atoms with Crippen molar-refractivity contribution in [2.24, 2.45) is 5.92 Å². The maximum absolute atomic E-state index is 12.3. The molecule has 0 bridgehead atoms. The molecule has 0 N–H and O–H groups in total. The van der Waals surface area contributed by atoms with Crippen LogP contribution in [0.4, 0.5) is 4.79 Å². The average molecular weight is 335 g/mol. The standard InChI is InChI=1S/C16H23N3O3.C2H6/c1-10(2)8-21-14-12-11(3)7-19(13(12)17-9-18-14)15(20)22-16(4,5)6;1-2/h7,9-10H,8H2,1-6H3;1-2H3. The minimum absolute atomic E-state index is 0.387. The Labute approximate surface area is 144 Å². The summed E-state index contributed by atoms with van der Waals surface area (Å²) in [4.78, 5) is 20.7. The Morgan fingerprint density at radius 3 is 2.42 bits per heavy atom. The number of hydrogen-bond acceptors (Lipinski definition) is 5. The molecular formula is C18H29N3O3. The molecule has 2 aromatic heterocycles. The zero-order chi connectivity index (χ0) is 18.5.